The van der Waals surface area contributed by atoms with Gasteiger partial charge in [-0.25, -0.2) is 0 Å². The van der Waals surface area contributed by atoms with E-state index in [1.165, 1.54) is 62.5 Å². The first-order valence-electron chi connectivity index (χ1n) is 9.36. The van der Waals surface area contributed by atoms with Crippen molar-refractivity contribution in [3.05, 3.63) is 54.6 Å². The Labute approximate surface area is 142 Å². The van der Waals surface area contributed by atoms with Crippen LogP contribution in [0.4, 0.5) is 0 Å². The van der Waals surface area contributed by atoms with Crippen LogP contribution in [0.15, 0.2) is 54.6 Å². The molecule has 120 valence electrons. The van der Waals surface area contributed by atoms with Gasteiger partial charge in [-0.3, -0.25) is 0 Å². The molecule has 4 rings (SSSR count). The lowest BCUT2D eigenvalue weighted by molar-refractivity contribution is 0.835. The number of benzene rings is 2. The summed E-state index contributed by atoms with van der Waals surface area (Å²) in [5, 5.41) is 1.68. The average Bonchev–Trinajstić information content (AvgIpc) is 3.31. The highest BCUT2D eigenvalue weighted by molar-refractivity contribution is 7.67. The van der Waals surface area contributed by atoms with E-state index in [2.05, 4.69) is 54.6 Å². The molecule has 0 bridgehead atoms. The van der Waals surface area contributed by atoms with Crippen LogP contribution in [0.25, 0.3) is 11.1 Å². The summed E-state index contributed by atoms with van der Waals surface area (Å²) in [7, 11) is 0.0607. The van der Waals surface area contributed by atoms with Gasteiger partial charge in [0.1, 0.15) is 0 Å². The van der Waals surface area contributed by atoms with Crippen LogP contribution in [0.1, 0.15) is 51.4 Å². The van der Waals surface area contributed by atoms with Crippen LogP contribution in [0, 0.1) is 0 Å². The molecule has 2 saturated carbocycles. The SMILES string of the molecule is c1ccc(-c2ccc(P(C3CCCC3)C3CCCC3)cc2)cc1. The van der Waals surface area contributed by atoms with Crippen LogP contribution in [0.2, 0.25) is 0 Å². The van der Waals surface area contributed by atoms with E-state index in [0.29, 0.717) is 0 Å². The van der Waals surface area contributed by atoms with Crippen molar-refractivity contribution in [3.8, 4) is 11.1 Å². The summed E-state index contributed by atoms with van der Waals surface area (Å²) in [5.41, 5.74) is 4.72. The van der Waals surface area contributed by atoms with Crippen molar-refractivity contribution in [2.75, 3.05) is 0 Å². The zero-order valence-corrected chi connectivity index (χ0v) is 14.8. The molecule has 0 atom stereocenters. The lowest BCUT2D eigenvalue weighted by Crippen LogP contribution is -2.19. The molecule has 0 N–H and O–H groups in total. The summed E-state index contributed by atoms with van der Waals surface area (Å²) >= 11 is 0. The molecule has 0 unspecified atom stereocenters. The summed E-state index contributed by atoms with van der Waals surface area (Å²) in [6.07, 6.45) is 11.8. The van der Waals surface area contributed by atoms with E-state index >= 15 is 0 Å². The Balaban J connectivity index is 1.60. The summed E-state index contributed by atoms with van der Waals surface area (Å²) in [6.45, 7) is 0. The maximum Gasteiger partial charge on any atom is -0.0166 e. The third-order valence-corrected chi connectivity index (χ3v) is 9.21. The molecule has 0 aliphatic heterocycles. The Morgan fingerprint density at radius 3 is 1.57 bits per heavy atom. The first-order chi connectivity index (χ1) is 11.4. The largest absolute Gasteiger partial charge is 0.0690 e. The predicted molar refractivity (Wildman–Crippen MR) is 103 cm³/mol. The Hall–Kier alpha value is -1.13. The van der Waals surface area contributed by atoms with Gasteiger partial charge in [-0.15, -0.1) is 0 Å². The first-order valence-corrected chi connectivity index (χ1v) is 10.8. The normalized spacial score (nSPS) is 19.7. The Morgan fingerprint density at radius 1 is 0.565 bits per heavy atom. The van der Waals surface area contributed by atoms with E-state index in [-0.39, 0.29) is 7.92 Å². The molecule has 0 heterocycles. The van der Waals surface area contributed by atoms with E-state index in [1.54, 1.807) is 5.30 Å². The fraction of sp³-hybridized carbons (Fsp3) is 0.455. The van der Waals surface area contributed by atoms with Gasteiger partial charge in [0.05, 0.1) is 0 Å². The highest BCUT2D eigenvalue weighted by atomic mass is 31.1. The van der Waals surface area contributed by atoms with Gasteiger partial charge in [-0.05, 0) is 53.4 Å². The van der Waals surface area contributed by atoms with Gasteiger partial charge >= 0.3 is 0 Å². The second-order valence-electron chi connectivity index (χ2n) is 7.20. The van der Waals surface area contributed by atoms with Crippen molar-refractivity contribution in [1.29, 1.82) is 0 Å². The second-order valence-corrected chi connectivity index (χ2v) is 9.99. The second kappa shape index (κ2) is 7.18. The zero-order valence-electron chi connectivity index (χ0n) is 14.0. The van der Waals surface area contributed by atoms with Gasteiger partial charge in [-0.2, -0.15) is 0 Å². The Kier molecular flexibility index (Phi) is 4.81. The lowest BCUT2D eigenvalue weighted by atomic mass is 10.1. The molecule has 0 radical (unpaired) electrons. The standard InChI is InChI=1S/C22H27P/c1-2-8-18(9-3-1)19-14-16-22(17-15-19)23(20-10-4-5-11-20)21-12-6-7-13-21/h1-3,8-9,14-17,20-21H,4-7,10-13H2. The molecule has 2 aromatic carbocycles. The monoisotopic (exact) mass is 322 g/mol. The fourth-order valence-electron chi connectivity index (χ4n) is 4.54. The van der Waals surface area contributed by atoms with Gasteiger partial charge in [0.2, 0.25) is 0 Å². The van der Waals surface area contributed by atoms with Gasteiger partial charge in [-0.1, -0.05) is 88.2 Å². The average molecular weight is 322 g/mol. The van der Waals surface area contributed by atoms with Crippen molar-refractivity contribution >= 4 is 13.2 Å². The number of hydrogen-bond donors (Lipinski definition) is 0. The Morgan fingerprint density at radius 2 is 1.04 bits per heavy atom. The van der Waals surface area contributed by atoms with Gasteiger partial charge in [0, 0.05) is 0 Å². The first kappa shape index (κ1) is 15.4. The molecular formula is C22H27P. The zero-order chi connectivity index (χ0) is 15.5. The number of hydrogen-bond acceptors (Lipinski definition) is 0. The third-order valence-electron chi connectivity index (χ3n) is 5.71. The van der Waals surface area contributed by atoms with Crippen molar-refractivity contribution < 1.29 is 0 Å². The summed E-state index contributed by atoms with van der Waals surface area (Å²) in [5.74, 6) is 0. The van der Waals surface area contributed by atoms with Crippen LogP contribution in [-0.2, 0) is 0 Å². The summed E-state index contributed by atoms with van der Waals surface area (Å²) < 4.78 is 0. The molecule has 0 amide bonds. The van der Waals surface area contributed by atoms with Crippen LogP contribution >= 0.6 is 7.92 Å². The van der Waals surface area contributed by atoms with Crippen molar-refractivity contribution in [2.24, 2.45) is 0 Å². The van der Waals surface area contributed by atoms with Crippen LogP contribution < -0.4 is 5.30 Å². The molecule has 2 fully saturated rings. The highest BCUT2D eigenvalue weighted by Crippen LogP contribution is 2.56. The molecule has 2 aromatic rings. The molecule has 2 aliphatic carbocycles. The van der Waals surface area contributed by atoms with Gasteiger partial charge in [0.25, 0.3) is 0 Å². The quantitative estimate of drug-likeness (QED) is 0.576. The topological polar surface area (TPSA) is 0 Å². The van der Waals surface area contributed by atoms with Crippen LogP contribution in [-0.4, -0.2) is 11.3 Å². The van der Waals surface area contributed by atoms with Crippen LogP contribution in [0.3, 0.4) is 0 Å². The fourth-order valence-corrected chi connectivity index (χ4v) is 8.32. The summed E-state index contributed by atoms with van der Waals surface area (Å²) in [4.78, 5) is 0. The molecule has 23 heavy (non-hydrogen) atoms. The molecular weight excluding hydrogens is 295 g/mol. The third kappa shape index (κ3) is 3.38. The van der Waals surface area contributed by atoms with Crippen molar-refractivity contribution in [3.63, 3.8) is 0 Å². The van der Waals surface area contributed by atoms with E-state index in [4.69, 9.17) is 0 Å². The van der Waals surface area contributed by atoms with E-state index in [9.17, 15) is 0 Å². The van der Waals surface area contributed by atoms with Crippen molar-refractivity contribution in [1.82, 2.24) is 0 Å². The van der Waals surface area contributed by atoms with Gasteiger partial charge in [0.15, 0.2) is 0 Å². The predicted octanol–water partition coefficient (Wildman–Crippen LogP) is 6.35. The smallest absolute Gasteiger partial charge is 0.0166 e. The minimum atomic E-state index is 0.0607. The van der Waals surface area contributed by atoms with Crippen molar-refractivity contribution in [2.45, 2.75) is 62.7 Å². The van der Waals surface area contributed by atoms with Crippen LogP contribution in [0.5, 0.6) is 0 Å². The molecule has 0 aromatic heterocycles. The summed E-state index contributed by atoms with van der Waals surface area (Å²) in [6, 6.07) is 20.4. The molecule has 1 heteroatoms. The maximum absolute atomic E-state index is 2.46. The molecule has 2 aliphatic rings. The van der Waals surface area contributed by atoms with E-state index < -0.39 is 0 Å². The van der Waals surface area contributed by atoms with E-state index in [1.807, 2.05) is 0 Å². The molecule has 0 nitrogen and oxygen atoms in total. The highest BCUT2D eigenvalue weighted by Gasteiger charge is 2.33. The molecule has 0 spiro atoms. The number of rotatable bonds is 4. The minimum absolute atomic E-state index is 0.0607. The van der Waals surface area contributed by atoms with Gasteiger partial charge < -0.3 is 0 Å². The maximum atomic E-state index is 2.46. The minimum Gasteiger partial charge on any atom is -0.0690 e. The Bertz CT molecular complexity index is 588. The molecule has 0 saturated heterocycles. The van der Waals surface area contributed by atoms with E-state index in [0.717, 1.165) is 11.3 Å². The lowest BCUT2D eigenvalue weighted by Gasteiger charge is -2.30.